The molecule has 0 spiro atoms. The molecule has 0 saturated carbocycles. The summed E-state index contributed by atoms with van der Waals surface area (Å²) < 4.78 is 32.0. The van der Waals surface area contributed by atoms with Crippen LogP contribution in [0.3, 0.4) is 0 Å². The molecule has 0 radical (unpaired) electrons. The number of piperazine rings is 1. The summed E-state index contributed by atoms with van der Waals surface area (Å²) in [6.07, 6.45) is 2.04. The number of ether oxygens (including phenoxy) is 1. The van der Waals surface area contributed by atoms with Crippen molar-refractivity contribution in [3.8, 4) is 5.75 Å². The fourth-order valence-electron chi connectivity index (χ4n) is 3.13. The highest BCUT2D eigenvalue weighted by Gasteiger charge is 2.26. The van der Waals surface area contributed by atoms with Crippen LogP contribution in [0.4, 0.5) is 5.82 Å². The summed E-state index contributed by atoms with van der Waals surface area (Å²) in [6, 6.07) is 10.4. The van der Waals surface area contributed by atoms with Gasteiger partial charge in [-0.3, -0.25) is 4.79 Å². The third-order valence-corrected chi connectivity index (χ3v) is 7.25. The Morgan fingerprint density at radius 1 is 1.13 bits per heavy atom. The van der Waals surface area contributed by atoms with E-state index >= 15 is 0 Å². The lowest BCUT2D eigenvalue weighted by molar-refractivity contribution is -0.123. The van der Waals surface area contributed by atoms with Crippen LogP contribution in [0.5, 0.6) is 5.75 Å². The second-order valence-electron chi connectivity index (χ2n) is 6.96. The zero-order chi connectivity index (χ0) is 22.3. The summed E-state index contributed by atoms with van der Waals surface area (Å²) in [5.74, 6) is 0.825. The van der Waals surface area contributed by atoms with Crippen LogP contribution < -0.4 is 15.0 Å². The van der Waals surface area contributed by atoms with Gasteiger partial charge in [0.25, 0.3) is 5.91 Å². The van der Waals surface area contributed by atoms with Crippen molar-refractivity contribution in [2.24, 2.45) is 0 Å². The molecule has 0 atom stereocenters. The largest absolute Gasteiger partial charge is 0.482 e. The Labute approximate surface area is 192 Å². The number of anilines is 1. The fraction of sp³-hybridized carbons (Fsp3) is 0.400. The van der Waals surface area contributed by atoms with Crippen molar-refractivity contribution >= 4 is 45.0 Å². The van der Waals surface area contributed by atoms with E-state index in [4.69, 9.17) is 27.9 Å². The lowest BCUT2D eigenvalue weighted by Crippen LogP contribution is -2.49. The van der Waals surface area contributed by atoms with Gasteiger partial charge in [-0.2, -0.15) is 4.31 Å². The molecule has 31 heavy (non-hydrogen) atoms. The molecule has 11 heteroatoms. The van der Waals surface area contributed by atoms with Gasteiger partial charge in [0, 0.05) is 43.9 Å². The molecule has 1 aromatic carbocycles. The van der Waals surface area contributed by atoms with Crippen LogP contribution in [-0.4, -0.2) is 68.7 Å². The molecule has 1 aliphatic rings. The van der Waals surface area contributed by atoms with E-state index in [9.17, 15) is 13.2 Å². The average molecular weight is 487 g/mol. The van der Waals surface area contributed by atoms with Crippen molar-refractivity contribution in [3.63, 3.8) is 0 Å². The van der Waals surface area contributed by atoms with Gasteiger partial charge < -0.3 is 15.0 Å². The van der Waals surface area contributed by atoms with E-state index in [1.165, 1.54) is 10.4 Å². The average Bonchev–Trinajstić information content (AvgIpc) is 2.77. The van der Waals surface area contributed by atoms with Crippen molar-refractivity contribution in [2.45, 2.75) is 6.42 Å². The van der Waals surface area contributed by atoms with Gasteiger partial charge in [0.05, 0.1) is 10.8 Å². The lowest BCUT2D eigenvalue weighted by Gasteiger charge is -2.34. The smallest absolute Gasteiger partial charge is 0.257 e. The number of aromatic nitrogens is 1. The molecule has 0 bridgehead atoms. The topological polar surface area (TPSA) is 91.8 Å². The molecule has 0 aliphatic carbocycles. The second kappa shape index (κ2) is 11.0. The van der Waals surface area contributed by atoms with Crippen molar-refractivity contribution < 1.29 is 17.9 Å². The highest BCUT2D eigenvalue weighted by Crippen LogP contribution is 2.27. The molecule has 1 aromatic heterocycles. The van der Waals surface area contributed by atoms with Gasteiger partial charge in [-0.25, -0.2) is 13.4 Å². The van der Waals surface area contributed by atoms with Gasteiger partial charge in [-0.15, -0.1) is 0 Å². The molecule has 2 heterocycles. The number of sulfonamides is 1. The van der Waals surface area contributed by atoms with Crippen LogP contribution in [0, 0.1) is 0 Å². The number of amides is 1. The van der Waals surface area contributed by atoms with Gasteiger partial charge in [-0.05, 0) is 36.8 Å². The second-order valence-corrected chi connectivity index (χ2v) is 9.89. The summed E-state index contributed by atoms with van der Waals surface area (Å²) in [4.78, 5) is 18.3. The van der Waals surface area contributed by atoms with E-state index in [0.29, 0.717) is 48.4 Å². The first-order valence-electron chi connectivity index (χ1n) is 9.83. The molecule has 1 aliphatic heterocycles. The molecule has 8 nitrogen and oxygen atoms in total. The molecule has 168 valence electrons. The van der Waals surface area contributed by atoms with Gasteiger partial charge in [0.2, 0.25) is 10.0 Å². The minimum absolute atomic E-state index is 0.0270. The van der Waals surface area contributed by atoms with Crippen LogP contribution in [0.15, 0.2) is 42.6 Å². The van der Waals surface area contributed by atoms with Gasteiger partial charge in [0.15, 0.2) is 6.61 Å². The Bertz CT molecular complexity index is 984. The molecule has 0 unspecified atom stereocenters. The van der Waals surface area contributed by atoms with E-state index < -0.39 is 10.0 Å². The number of hydrogen-bond donors (Lipinski definition) is 1. The van der Waals surface area contributed by atoms with Gasteiger partial charge >= 0.3 is 0 Å². The molecule has 2 aromatic rings. The lowest BCUT2D eigenvalue weighted by atomic mass is 10.3. The first kappa shape index (κ1) is 23.6. The Hall–Kier alpha value is -2.07. The number of carbonyl (C=O) groups excluding carboxylic acids is 1. The summed E-state index contributed by atoms with van der Waals surface area (Å²) in [6.45, 7) is 2.05. The molecule has 1 fully saturated rings. The highest BCUT2D eigenvalue weighted by atomic mass is 35.5. The van der Waals surface area contributed by atoms with Crippen LogP contribution in [0.25, 0.3) is 0 Å². The summed E-state index contributed by atoms with van der Waals surface area (Å²) in [7, 11) is -3.38. The van der Waals surface area contributed by atoms with Crippen LogP contribution in [0.1, 0.15) is 6.42 Å². The predicted octanol–water partition coefficient (Wildman–Crippen LogP) is 2.43. The molecule has 1 N–H and O–H groups in total. The number of pyridine rings is 1. The first-order chi connectivity index (χ1) is 14.8. The number of rotatable bonds is 9. The van der Waals surface area contributed by atoms with Crippen molar-refractivity contribution in [3.05, 3.63) is 52.6 Å². The maximum absolute atomic E-state index is 12.6. The Balaban J connectivity index is 1.35. The number of halogens is 2. The molecule has 3 rings (SSSR count). The van der Waals surface area contributed by atoms with Gasteiger partial charge in [-0.1, -0.05) is 29.3 Å². The number of carbonyl (C=O) groups is 1. The van der Waals surface area contributed by atoms with E-state index in [-0.39, 0.29) is 24.8 Å². The normalized spacial score (nSPS) is 15.0. The van der Waals surface area contributed by atoms with Gasteiger partial charge in [0.1, 0.15) is 11.6 Å². The zero-order valence-corrected chi connectivity index (χ0v) is 19.2. The monoisotopic (exact) mass is 486 g/mol. The number of nitrogens with zero attached hydrogens (tertiary/aromatic N) is 3. The first-order valence-corrected chi connectivity index (χ1v) is 12.2. The fourth-order valence-corrected chi connectivity index (χ4v) is 5.08. The minimum Gasteiger partial charge on any atom is -0.482 e. The van der Waals surface area contributed by atoms with Crippen LogP contribution >= 0.6 is 23.2 Å². The standard InChI is InChI=1S/C20H24Cl2N4O4S/c21-16-5-6-18(17(22)14-16)30-15-20(27)24-8-3-13-31(28,29)26-11-9-25(10-12-26)19-4-1-2-7-23-19/h1-2,4-7,14H,3,8-13,15H2,(H,24,27). The van der Waals surface area contributed by atoms with E-state index in [1.807, 2.05) is 18.2 Å². The SMILES string of the molecule is O=C(COc1ccc(Cl)cc1Cl)NCCCS(=O)(=O)N1CCN(c2ccccn2)CC1. The third-order valence-electron chi connectivity index (χ3n) is 4.76. The van der Waals surface area contributed by atoms with E-state index in [1.54, 1.807) is 18.3 Å². The third kappa shape index (κ3) is 6.96. The van der Waals surface area contributed by atoms with Crippen molar-refractivity contribution in [1.29, 1.82) is 0 Å². The minimum atomic E-state index is -3.38. The molecular formula is C20H24Cl2N4O4S. The Kier molecular flexibility index (Phi) is 8.36. The summed E-state index contributed by atoms with van der Waals surface area (Å²) >= 11 is 11.8. The zero-order valence-electron chi connectivity index (χ0n) is 16.8. The maximum atomic E-state index is 12.6. The van der Waals surface area contributed by atoms with E-state index in [2.05, 4.69) is 15.2 Å². The van der Waals surface area contributed by atoms with E-state index in [0.717, 1.165) is 5.82 Å². The van der Waals surface area contributed by atoms with Crippen LogP contribution in [0.2, 0.25) is 10.0 Å². The van der Waals surface area contributed by atoms with Crippen molar-refractivity contribution in [1.82, 2.24) is 14.6 Å². The quantitative estimate of drug-likeness (QED) is 0.547. The number of nitrogens with one attached hydrogen (secondary N) is 1. The molecule has 1 saturated heterocycles. The van der Waals surface area contributed by atoms with Crippen molar-refractivity contribution in [2.75, 3.05) is 50.0 Å². The van der Waals surface area contributed by atoms with Crippen LogP contribution in [-0.2, 0) is 14.8 Å². The number of benzene rings is 1. The maximum Gasteiger partial charge on any atom is 0.257 e. The number of hydrogen-bond acceptors (Lipinski definition) is 6. The molecule has 1 amide bonds. The molecular weight excluding hydrogens is 463 g/mol. The summed E-state index contributed by atoms with van der Waals surface area (Å²) in [5.41, 5.74) is 0. The Morgan fingerprint density at radius 2 is 1.90 bits per heavy atom. The summed E-state index contributed by atoms with van der Waals surface area (Å²) in [5, 5.41) is 3.44. The highest BCUT2D eigenvalue weighted by molar-refractivity contribution is 7.89. The predicted molar refractivity (Wildman–Crippen MR) is 121 cm³/mol. The Morgan fingerprint density at radius 3 is 2.58 bits per heavy atom.